The zero-order valence-corrected chi connectivity index (χ0v) is 10.8. The second-order valence-corrected chi connectivity index (χ2v) is 5.42. The van der Waals surface area contributed by atoms with Crippen LogP contribution in [-0.4, -0.2) is 17.7 Å². The second kappa shape index (κ2) is 3.84. The number of fused-ring (bicyclic) bond motifs is 3. The van der Waals surface area contributed by atoms with Crippen LogP contribution in [0.25, 0.3) is 11.0 Å². The molecule has 0 N–H and O–H groups in total. The lowest BCUT2D eigenvalue weighted by molar-refractivity contribution is 0.0885. The molecule has 0 atom stereocenters. The largest absolute Gasteiger partial charge is 0.478 e. The van der Waals surface area contributed by atoms with Crippen molar-refractivity contribution in [2.75, 3.05) is 6.73 Å². The Labute approximate surface area is 110 Å². The molecule has 19 heavy (non-hydrogen) atoms. The highest BCUT2D eigenvalue weighted by atomic mass is 16.5. The zero-order valence-electron chi connectivity index (χ0n) is 10.8. The number of hydrogen-bond donors (Lipinski definition) is 0. The van der Waals surface area contributed by atoms with Gasteiger partial charge in [-0.15, -0.1) is 0 Å². The molecule has 1 aliphatic heterocycles. The van der Waals surface area contributed by atoms with Crippen molar-refractivity contribution in [1.82, 2.24) is 4.90 Å². The number of rotatable bonds is 1. The number of aryl methyl sites for hydroxylation is 1. The fourth-order valence-corrected chi connectivity index (χ4v) is 2.78. The summed E-state index contributed by atoms with van der Waals surface area (Å²) in [6.07, 6.45) is 2.48. The smallest absolute Gasteiger partial charge is 0.336 e. The first-order valence-electron chi connectivity index (χ1n) is 6.65. The third-order valence-electron chi connectivity index (χ3n) is 3.99. The minimum absolute atomic E-state index is 0.290. The summed E-state index contributed by atoms with van der Waals surface area (Å²) in [6, 6.07) is 6.13. The van der Waals surface area contributed by atoms with Crippen molar-refractivity contribution in [3.63, 3.8) is 0 Å². The molecule has 2 aliphatic rings. The topological polar surface area (TPSA) is 42.7 Å². The number of ether oxygens (including phenoxy) is 1. The van der Waals surface area contributed by atoms with E-state index in [0.717, 1.165) is 28.8 Å². The molecule has 98 valence electrons. The van der Waals surface area contributed by atoms with Crippen molar-refractivity contribution in [2.45, 2.75) is 32.4 Å². The van der Waals surface area contributed by atoms with E-state index in [1.807, 2.05) is 19.1 Å². The highest BCUT2D eigenvalue weighted by Crippen LogP contribution is 2.37. The maximum Gasteiger partial charge on any atom is 0.336 e. The molecule has 1 aromatic heterocycles. The van der Waals surface area contributed by atoms with Gasteiger partial charge in [0.15, 0.2) is 0 Å². The van der Waals surface area contributed by atoms with Gasteiger partial charge >= 0.3 is 5.63 Å². The van der Waals surface area contributed by atoms with Crippen molar-refractivity contribution in [1.29, 1.82) is 0 Å². The molecule has 4 rings (SSSR count). The van der Waals surface area contributed by atoms with Gasteiger partial charge in [0.05, 0.1) is 5.56 Å². The van der Waals surface area contributed by atoms with E-state index in [2.05, 4.69) is 4.90 Å². The van der Waals surface area contributed by atoms with Crippen LogP contribution in [0.2, 0.25) is 0 Å². The molecule has 1 aromatic carbocycles. The third-order valence-corrected chi connectivity index (χ3v) is 3.99. The Balaban J connectivity index is 1.92. The maximum absolute atomic E-state index is 11.6. The zero-order chi connectivity index (χ0) is 13.0. The second-order valence-electron chi connectivity index (χ2n) is 5.42. The van der Waals surface area contributed by atoms with Gasteiger partial charge in [0.2, 0.25) is 0 Å². The molecule has 0 radical (unpaired) electrons. The van der Waals surface area contributed by atoms with Crippen LogP contribution >= 0.6 is 0 Å². The van der Waals surface area contributed by atoms with Gasteiger partial charge in [-0.3, -0.25) is 4.90 Å². The van der Waals surface area contributed by atoms with Crippen molar-refractivity contribution in [3.05, 3.63) is 39.7 Å². The van der Waals surface area contributed by atoms with E-state index >= 15 is 0 Å². The average Bonchev–Trinajstić information content (AvgIpc) is 3.22. The maximum atomic E-state index is 11.6. The average molecular weight is 257 g/mol. The molecule has 1 aliphatic carbocycles. The Bertz CT molecular complexity index is 715. The highest BCUT2D eigenvalue weighted by Gasteiger charge is 2.33. The summed E-state index contributed by atoms with van der Waals surface area (Å²) < 4.78 is 11.2. The summed E-state index contributed by atoms with van der Waals surface area (Å²) in [5, 5.41) is 1.000. The van der Waals surface area contributed by atoms with Crippen LogP contribution in [0.3, 0.4) is 0 Å². The van der Waals surface area contributed by atoms with E-state index in [4.69, 9.17) is 9.15 Å². The predicted octanol–water partition coefficient (Wildman–Crippen LogP) is 2.42. The van der Waals surface area contributed by atoms with Crippen molar-refractivity contribution in [3.8, 4) is 5.75 Å². The number of benzene rings is 1. The number of nitrogens with zero attached hydrogens (tertiary/aromatic N) is 1. The van der Waals surface area contributed by atoms with E-state index in [-0.39, 0.29) is 5.63 Å². The lowest BCUT2D eigenvalue weighted by Crippen LogP contribution is -2.33. The van der Waals surface area contributed by atoms with Gasteiger partial charge in [-0.1, -0.05) is 0 Å². The fraction of sp³-hybridized carbons (Fsp3) is 0.400. The summed E-state index contributed by atoms with van der Waals surface area (Å²) in [4.78, 5) is 13.9. The first-order valence-corrected chi connectivity index (χ1v) is 6.65. The number of hydrogen-bond acceptors (Lipinski definition) is 4. The first-order chi connectivity index (χ1) is 9.22. The first kappa shape index (κ1) is 11.1. The quantitative estimate of drug-likeness (QED) is 0.736. The van der Waals surface area contributed by atoms with Crippen LogP contribution < -0.4 is 10.4 Å². The third kappa shape index (κ3) is 1.75. The Morgan fingerprint density at radius 3 is 2.95 bits per heavy atom. The normalized spacial score (nSPS) is 19.2. The minimum atomic E-state index is -0.290. The van der Waals surface area contributed by atoms with E-state index in [1.54, 1.807) is 0 Å². The molecule has 0 saturated heterocycles. The van der Waals surface area contributed by atoms with Gasteiger partial charge in [-0.2, -0.15) is 0 Å². The summed E-state index contributed by atoms with van der Waals surface area (Å²) in [5.41, 5.74) is 2.36. The van der Waals surface area contributed by atoms with Crippen molar-refractivity contribution in [2.24, 2.45) is 0 Å². The van der Waals surface area contributed by atoms with E-state index in [9.17, 15) is 4.79 Å². The van der Waals surface area contributed by atoms with Crippen LogP contribution in [0.5, 0.6) is 5.75 Å². The monoisotopic (exact) mass is 257 g/mol. The van der Waals surface area contributed by atoms with Crippen molar-refractivity contribution >= 4 is 11.0 Å². The minimum Gasteiger partial charge on any atom is -0.478 e. The van der Waals surface area contributed by atoms with Gasteiger partial charge in [0, 0.05) is 24.0 Å². The molecule has 0 spiro atoms. The molecule has 4 nitrogen and oxygen atoms in total. The Morgan fingerprint density at radius 1 is 1.32 bits per heavy atom. The van der Waals surface area contributed by atoms with Crippen LogP contribution in [0.4, 0.5) is 0 Å². The van der Waals surface area contributed by atoms with E-state index in [1.165, 1.54) is 18.9 Å². The van der Waals surface area contributed by atoms with Gasteiger partial charge in [-0.05, 0) is 37.5 Å². The molecule has 1 saturated carbocycles. The Hall–Kier alpha value is -1.81. The molecule has 2 heterocycles. The Kier molecular flexibility index (Phi) is 2.23. The standard InChI is InChI=1S/C15H15NO3/c1-9-6-14(17)19-15-11(9)4-5-13-12(15)7-16(8-18-13)10-2-3-10/h4-6,10H,2-3,7-8H2,1H3. The molecule has 1 fully saturated rings. The van der Waals surface area contributed by atoms with Gasteiger partial charge < -0.3 is 9.15 Å². The summed E-state index contributed by atoms with van der Waals surface area (Å²) >= 11 is 0. The Morgan fingerprint density at radius 2 is 2.16 bits per heavy atom. The van der Waals surface area contributed by atoms with Crippen molar-refractivity contribution < 1.29 is 9.15 Å². The van der Waals surface area contributed by atoms with E-state index < -0.39 is 0 Å². The van der Waals surface area contributed by atoms with Gasteiger partial charge in [0.25, 0.3) is 0 Å². The lowest BCUT2D eigenvalue weighted by atomic mass is 10.0. The summed E-state index contributed by atoms with van der Waals surface area (Å²) in [7, 11) is 0. The SMILES string of the molecule is Cc1cc(=O)oc2c3c(ccc12)OCN(C1CC1)C3. The molecule has 2 aromatic rings. The van der Waals surface area contributed by atoms with Crippen LogP contribution in [-0.2, 0) is 6.54 Å². The van der Waals surface area contributed by atoms with Gasteiger partial charge in [0.1, 0.15) is 18.1 Å². The summed E-state index contributed by atoms with van der Waals surface area (Å²) in [6.45, 7) is 3.39. The molecule has 0 bridgehead atoms. The summed E-state index contributed by atoms with van der Waals surface area (Å²) in [5.74, 6) is 0.846. The predicted molar refractivity (Wildman–Crippen MR) is 71.3 cm³/mol. The molecule has 0 amide bonds. The highest BCUT2D eigenvalue weighted by molar-refractivity contribution is 5.85. The van der Waals surface area contributed by atoms with Crippen LogP contribution in [0, 0.1) is 6.92 Å². The molecular formula is C15H15NO3. The molecular weight excluding hydrogens is 242 g/mol. The van der Waals surface area contributed by atoms with Crippen LogP contribution in [0.15, 0.2) is 27.4 Å². The van der Waals surface area contributed by atoms with E-state index in [0.29, 0.717) is 18.4 Å². The van der Waals surface area contributed by atoms with Crippen LogP contribution in [0.1, 0.15) is 24.0 Å². The lowest BCUT2D eigenvalue weighted by Gasteiger charge is -2.29. The fourth-order valence-electron chi connectivity index (χ4n) is 2.78. The molecule has 4 heteroatoms. The molecule has 0 unspecified atom stereocenters. The van der Waals surface area contributed by atoms with Gasteiger partial charge in [-0.25, -0.2) is 4.79 Å².